The number of anilines is 1. The molecule has 0 aliphatic carbocycles. The van der Waals surface area contributed by atoms with Gasteiger partial charge in [0.1, 0.15) is 17.7 Å². The maximum absolute atomic E-state index is 14.7. The molecule has 0 fully saturated rings. The van der Waals surface area contributed by atoms with E-state index in [1.807, 2.05) is 95.3 Å². The first-order chi connectivity index (χ1) is 20.2. The van der Waals surface area contributed by atoms with Crippen molar-refractivity contribution in [2.75, 3.05) is 5.32 Å². The lowest BCUT2D eigenvalue weighted by Crippen LogP contribution is -2.55. The summed E-state index contributed by atoms with van der Waals surface area (Å²) in [6.07, 6.45) is 0.0948. The third-order valence-electron chi connectivity index (χ3n) is 7.53. The summed E-state index contributed by atoms with van der Waals surface area (Å²) in [5, 5.41) is 6.24. The van der Waals surface area contributed by atoms with Gasteiger partial charge in [-0.2, -0.15) is 0 Å². The number of carbonyl (C=O) groups excluding carboxylic acids is 3. The zero-order valence-electron chi connectivity index (χ0n) is 26.5. The average Bonchev–Trinajstić information content (AvgIpc) is 2.94. The number of ether oxygens (including phenoxy) is 1. The van der Waals surface area contributed by atoms with E-state index in [1.54, 1.807) is 31.7 Å². The first-order valence-corrected chi connectivity index (χ1v) is 15.1. The lowest BCUT2D eigenvalue weighted by Gasteiger charge is -2.39. The van der Waals surface area contributed by atoms with Gasteiger partial charge in [0.25, 0.3) is 5.91 Å². The van der Waals surface area contributed by atoms with Crippen molar-refractivity contribution < 1.29 is 19.1 Å². The Bertz CT molecular complexity index is 1410. The minimum atomic E-state index is -1.00. The number of hydrogen-bond acceptors (Lipinski definition) is 4. The molecular formula is C35H44ClN3O4. The number of rotatable bonds is 10. The predicted molar refractivity (Wildman–Crippen MR) is 173 cm³/mol. The molecule has 3 aromatic carbocycles. The molecule has 0 saturated heterocycles. The minimum absolute atomic E-state index is 0.219. The topological polar surface area (TPSA) is 87.7 Å². The van der Waals surface area contributed by atoms with Crippen molar-refractivity contribution >= 4 is 35.2 Å². The van der Waals surface area contributed by atoms with Crippen LogP contribution in [0.25, 0.3) is 0 Å². The van der Waals surface area contributed by atoms with E-state index in [2.05, 4.69) is 10.6 Å². The molecule has 230 valence electrons. The summed E-state index contributed by atoms with van der Waals surface area (Å²) in [6, 6.07) is 18.3. The minimum Gasteiger partial charge on any atom is -0.444 e. The number of benzene rings is 3. The summed E-state index contributed by atoms with van der Waals surface area (Å²) < 4.78 is 5.54. The zero-order chi connectivity index (χ0) is 31.9. The van der Waals surface area contributed by atoms with E-state index in [1.165, 1.54) is 0 Å². The van der Waals surface area contributed by atoms with Crippen LogP contribution in [0.4, 0.5) is 10.5 Å². The molecule has 3 aromatic rings. The van der Waals surface area contributed by atoms with E-state index in [4.69, 9.17) is 16.3 Å². The third kappa shape index (κ3) is 8.83. The van der Waals surface area contributed by atoms with Gasteiger partial charge in [0.05, 0.1) is 10.7 Å². The number of aryl methyl sites for hydroxylation is 2. The number of alkyl carbamates (subject to hydrolysis) is 1. The fraction of sp³-hybridized carbons (Fsp3) is 0.400. The number of para-hydroxylation sites is 1. The molecule has 0 saturated carbocycles. The Kier molecular flexibility index (Phi) is 11.4. The van der Waals surface area contributed by atoms with Crippen LogP contribution in [0.5, 0.6) is 0 Å². The van der Waals surface area contributed by atoms with Crippen LogP contribution in [0.2, 0.25) is 5.02 Å². The third-order valence-corrected chi connectivity index (χ3v) is 7.84. The van der Waals surface area contributed by atoms with Gasteiger partial charge in [0, 0.05) is 12.5 Å². The summed E-state index contributed by atoms with van der Waals surface area (Å²) in [4.78, 5) is 43.7. The van der Waals surface area contributed by atoms with Gasteiger partial charge in [-0.3, -0.25) is 9.59 Å². The molecule has 3 unspecified atom stereocenters. The van der Waals surface area contributed by atoms with Crippen LogP contribution in [0.1, 0.15) is 74.9 Å². The quantitative estimate of drug-likeness (QED) is 0.248. The predicted octanol–water partition coefficient (Wildman–Crippen LogP) is 7.71. The lowest BCUT2D eigenvalue weighted by molar-refractivity contribution is -0.143. The Morgan fingerprint density at radius 2 is 1.53 bits per heavy atom. The highest BCUT2D eigenvalue weighted by Crippen LogP contribution is 2.33. The van der Waals surface area contributed by atoms with Crippen LogP contribution in [-0.4, -0.2) is 40.5 Å². The Balaban J connectivity index is 2.16. The largest absolute Gasteiger partial charge is 0.444 e. The highest BCUT2D eigenvalue weighted by molar-refractivity contribution is 6.34. The van der Waals surface area contributed by atoms with E-state index in [0.29, 0.717) is 22.7 Å². The molecule has 3 atom stereocenters. The van der Waals surface area contributed by atoms with Crippen LogP contribution < -0.4 is 10.6 Å². The van der Waals surface area contributed by atoms with Gasteiger partial charge < -0.3 is 20.3 Å². The molecule has 0 bridgehead atoms. The molecule has 0 radical (unpaired) electrons. The zero-order valence-corrected chi connectivity index (χ0v) is 27.2. The number of hydrogen-bond donors (Lipinski definition) is 2. The van der Waals surface area contributed by atoms with Crippen molar-refractivity contribution in [1.29, 1.82) is 0 Å². The van der Waals surface area contributed by atoms with Crippen LogP contribution >= 0.6 is 11.6 Å². The van der Waals surface area contributed by atoms with Gasteiger partial charge in [-0.15, -0.1) is 0 Å². The molecule has 0 heterocycles. The van der Waals surface area contributed by atoms with Gasteiger partial charge >= 0.3 is 6.09 Å². The smallest absolute Gasteiger partial charge is 0.408 e. The summed E-state index contributed by atoms with van der Waals surface area (Å²) in [5.41, 5.74) is 4.00. The molecule has 3 amide bonds. The van der Waals surface area contributed by atoms with Gasteiger partial charge in [-0.1, -0.05) is 79.2 Å². The number of halogens is 1. The standard InChI is InChI=1S/C35H44ClN3O4/c1-9-24(4)39(33(41)29(21-26-17-11-10-12-18-26)37-34(42)43-35(6,7)8)31(27-19-13-15-22(2)25(27)5)32(40)38-30-23(3)16-14-20-28(30)36/h10-20,24,29,31H,9,21H2,1-8H3,(H,37,42)(H,38,40). The van der Waals surface area contributed by atoms with Crippen LogP contribution in [0.3, 0.4) is 0 Å². The van der Waals surface area contributed by atoms with E-state index >= 15 is 0 Å². The van der Waals surface area contributed by atoms with E-state index in [9.17, 15) is 14.4 Å². The monoisotopic (exact) mass is 605 g/mol. The van der Waals surface area contributed by atoms with Crippen molar-refractivity contribution in [3.05, 3.63) is 99.6 Å². The summed E-state index contributed by atoms with van der Waals surface area (Å²) in [7, 11) is 0. The number of amides is 3. The van der Waals surface area contributed by atoms with Gasteiger partial charge in [0.2, 0.25) is 5.91 Å². The van der Waals surface area contributed by atoms with Gasteiger partial charge in [-0.25, -0.2) is 4.79 Å². The number of nitrogens with one attached hydrogen (secondary N) is 2. The maximum atomic E-state index is 14.7. The van der Waals surface area contributed by atoms with E-state index in [-0.39, 0.29) is 18.4 Å². The van der Waals surface area contributed by atoms with Crippen molar-refractivity contribution in [2.45, 2.75) is 92.0 Å². The second-order valence-electron chi connectivity index (χ2n) is 12.0. The molecule has 0 spiro atoms. The fourth-order valence-electron chi connectivity index (χ4n) is 4.94. The van der Waals surface area contributed by atoms with Crippen molar-refractivity contribution in [3.8, 4) is 0 Å². The maximum Gasteiger partial charge on any atom is 0.408 e. The fourth-order valence-corrected chi connectivity index (χ4v) is 5.21. The van der Waals surface area contributed by atoms with E-state index in [0.717, 1.165) is 22.3 Å². The normalized spacial score (nSPS) is 13.4. The molecule has 0 aromatic heterocycles. The number of nitrogens with zero attached hydrogens (tertiary/aromatic N) is 1. The molecular weight excluding hydrogens is 562 g/mol. The van der Waals surface area contributed by atoms with E-state index < -0.39 is 29.7 Å². The molecule has 0 aliphatic rings. The lowest BCUT2D eigenvalue weighted by atomic mass is 9.93. The van der Waals surface area contributed by atoms with Crippen molar-refractivity contribution in [2.24, 2.45) is 0 Å². The highest BCUT2D eigenvalue weighted by atomic mass is 35.5. The molecule has 2 N–H and O–H groups in total. The van der Waals surface area contributed by atoms with Gasteiger partial charge in [0.15, 0.2) is 0 Å². The number of carbonyl (C=O) groups is 3. The molecule has 8 heteroatoms. The first-order valence-electron chi connectivity index (χ1n) is 14.7. The van der Waals surface area contributed by atoms with Crippen LogP contribution in [0, 0.1) is 20.8 Å². The van der Waals surface area contributed by atoms with Crippen LogP contribution in [0.15, 0.2) is 66.7 Å². The average molecular weight is 606 g/mol. The van der Waals surface area contributed by atoms with Gasteiger partial charge in [-0.05, 0) is 88.8 Å². The SMILES string of the molecule is CCC(C)N(C(=O)C(Cc1ccccc1)NC(=O)OC(C)(C)C)C(C(=O)Nc1c(C)cccc1Cl)c1cccc(C)c1C. The Morgan fingerprint density at radius 1 is 0.907 bits per heavy atom. The van der Waals surface area contributed by atoms with Crippen molar-refractivity contribution in [1.82, 2.24) is 10.2 Å². The molecule has 3 rings (SSSR count). The Labute approximate surface area is 261 Å². The Morgan fingerprint density at radius 3 is 2.14 bits per heavy atom. The van der Waals surface area contributed by atoms with Crippen LogP contribution in [-0.2, 0) is 20.7 Å². The summed E-state index contributed by atoms with van der Waals surface area (Å²) >= 11 is 6.51. The molecule has 43 heavy (non-hydrogen) atoms. The molecule has 7 nitrogen and oxygen atoms in total. The summed E-state index contributed by atoms with van der Waals surface area (Å²) in [5.74, 6) is -0.782. The first kappa shape index (κ1) is 33.7. The summed E-state index contributed by atoms with van der Waals surface area (Å²) in [6.45, 7) is 15.0. The Hall–Kier alpha value is -3.84. The second kappa shape index (κ2) is 14.6. The second-order valence-corrected chi connectivity index (χ2v) is 12.4. The molecule has 0 aliphatic heterocycles. The highest BCUT2D eigenvalue weighted by Gasteiger charge is 2.39. The van der Waals surface area contributed by atoms with Crippen molar-refractivity contribution in [3.63, 3.8) is 0 Å².